The van der Waals surface area contributed by atoms with Crippen LogP contribution in [0.3, 0.4) is 0 Å². The van der Waals surface area contributed by atoms with Crippen LogP contribution in [0.1, 0.15) is 11.1 Å². The third-order valence-corrected chi connectivity index (χ3v) is 4.24. The van der Waals surface area contributed by atoms with Crippen molar-refractivity contribution in [2.75, 3.05) is 44.5 Å². The van der Waals surface area contributed by atoms with E-state index in [0.29, 0.717) is 0 Å². The van der Waals surface area contributed by atoms with Crippen LogP contribution in [-0.2, 0) is 9.53 Å². The van der Waals surface area contributed by atoms with Crippen molar-refractivity contribution in [2.45, 2.75) is 6.92 Å². The molecule has 1 aliphatic heterocycles. The van der Waals surface area contributed by atoms with E-state index in [1.54, 1.807) is 7.05 Å². The molecule has 1 aromatic carbocycles. The SMILES string of the molecule is CNC(=O)/C(=C/c1cc(C)ccc1N1CCOCC1)SC. The predicted molar refractivity (Wildman–Crippen MR) is 89.8 cm³/mol. The molecule has 1 fully saturated rings. The van der Waals surface area contributed by atoms with Crippen molar-refractivity contribution in [1.29, 1.82) is 0 Å². The normalized spacial score (nSPS) is 16.0. The molecular weight excluding hydrogens is 284 g/mol. The number of likely N-dealkylation sites (N-methyl/N-ethyl adjacent to an activating group) is 1. The standard InChI is InChI=1S/C16H22N2O2S/c1-12-4-5-14(18-6-8-20-9-7-18)13(10-12)11-15(21-3)16(19)17-2/h4-5,10-11H,6-9H2,1-3H3,(H,17,19)/b15-11-. The number of hydrogen-bond donors (Lipinski definition) is 1. The molecule has 0 bridgehead atoms. The van der Waals surface area contributed by atoms with E-state index in [2.05, 4.69) is 35.3 Å². The number of anilines is 1. The minimum atomic E-state index is -0.0445. The van der Waals surface area contributed by atoms with E-state index < -0.39 is 0 Å². The average molecular weight is 306 g/mol. The summed E-state index contributed by atoms with van der Waals surface area (Å²) in [4.78, 5) is 14.9. The van der Waals surface area contributed by atoms with Gasteiger partial charge in [-0.2, -0.15) is 0 Å². The van der Waals surface area contributed by atoms with Crippen LogP contribution in [0.2, 0.25) is 0 Å². The van der Waals surface area contributed by atoms with E-state index in [1.165, 1.54) is 23.0 Å². The Balaban J connectivity index is 2.38. The summed E-state index contributed by atoms with van der Waals surface area (Å²) in [5, 5.41) is 2.69. The molecule has 1 aromatic rings. The van der Waals surface area contributed by atoms with Gasteiger partial charge >= 0.3 is 0 Å². The Kier molecular flexibility index (Phi) is 5.70. The molecule has 0 aliphatic carbocycles. The van der Waals surface area contributed by atoms with E-state index in [4.69, 9.17) is 4.74 Å². The van der Waals surface area contributed by atoms with Crippen LogP contribution in [0.15, 0.2) is 23.1 Å². The molecule has 0 saturated carbocycles. The first-order valence-electron chi connectivity index (χ1n) is 7.07. The highest BCUT2D eigenvalue weighted by molar-refractivity contribution is 8.03. The second kappa shape index (κ2) is 7.52. The maximum Gasteiger partial charge on any atom is 0.257 e. The van der Waals surface area contributed by atoms with Crippen LogP contribution in [0, 0.1) is 6.92 Å². The van der Waals surface area contributed by atoms with Crippen molar-refractivity contribution < 1.29 is 9.53 Å². The number of hydrogen-bond acceptors (Lipinski definition) is 4. The fourth-order valence-corrected chi connectivity index (χ4v) is 2.90. The van der Waals surface area contributed by atoms with Gasteiger partial charge in [0.2, 0.25) is 0 Å². The monoisotopic (exact) mass is 306 g/mol. The molecule has 21 heavy (non-hydrogen) atoms. The summed E-state index contributed by atoms with van der Waals surface area (Å²) in [5.74, 6) is -0.0445. The number of nitrogens with zero attached hydrogens (tertiary/aromatic N) is 1. The van der Waals surface area contributed by atoms with Gasteiger partial charge in [-0.15, -0.1) is 11.8 Å². The van der Waals surface area contributed by atoms with Crippen molar-refractivity contribution in [3.8, 4) is 0 Å². The van der Waals surface area contributed by atoms with Crippen LogP contribution in [-0.4, -0.2) is 45.5 Å². The van der Waals surface area contributed by atoms with E-state index >= 15 is 0 Å². The fraction of sp³-hybridized carbons (Fsp3) is 0.438. The lowest BCUT2D eigenvalue weighted by Crippen LogP contribution is -2.36. The molecule has 0 atom stereocenters. The maximum absolute atomic E-state index is 11.9. The van der Waals surface area contributed by atoms with Gasteiger partial charge in [-0.3, -0.25) is 4.79 Å². The topological polar surface area (TPSA) is 41.6 Å². The third-order valence-electron chi connectivity index (χ3n) is 3.49. The Morgan fingerprint density at radius 1 is 1.38 bits per heavy atom. The van der Waals surface area contributed by atoms with Gasteiger partial charge in [-0.1, -0.05) is 11.6 Å². The molecule has 2 rings (SSSR count). The summed E-state index contributed by atoms with van der Waals surface area (Å²) in [6, 6.07) is 6.37. The Morgan fingerprint density at radius 3 is 2.71 bits per heavy atom. The van der Waals surface area contributed by atoms with Crippen LogP contribution < -0.4 is 10.2 Å². The first kappa shape index (κ1) is 15.9. The minimum Gasteiger partial charge on any atom is -0.378 e. The number of thioether (sulfide) groups is 1. The molecule has 0 spiro atoms. The molecule has 1 heterocycles. The van der Waals surface area contributed by atoms with Crippen LogP contribution in [0.25, 0.3) is 6.08 Å². The van der Waals surface area contributed by atoms with E-state index in [9.17, 15) is 4.79 Å². The van der Waals surface area contributed by atoms with E-state index in [1.807, 2.05) is 12.3 Å². The molecular formula is C16H22N2O2S. The van der Waals surface area contributed by atoms with Crippen molar-refractivity contribution in [1.82, 2.24) is 5.32 Å². The number of amides is 1. The van der Waals surface area contributed by atoms with Gasteiger partial charge in [-0.05, 0) is 37.0 Å². The predicted octanol–water partition coefficient (Wildman–Crippen LogP) is 2.28. The summed E-state index contributed by atoms with van der Waals surface area (Å²) in [7, 11) is 1.66. The van der Waals surface area contributed by atoms with Gasteiger partial charge in [0, 0.05) is 25.8 Å². The number of ether oxygens (including phenoxy) is 1. The lowest BCUT2D eigenvalue weighted by Gasteiger charge is -2.30. The molecule has 0 aromatic heterocycles. The molecule has 1 amide bonds. The molecule has 1 saturated heterocycles. The second-order valence-electron chi connectivity index (χ2n) is 4.95. The van der Waals surface area contributed by atoms with Gasteiger partial charge < -0.3 is 15.0 Å². The lowest BCUT2D eigenvalue weighted by molar-refractivity contribution is -0.116. The number of aryl methyl sites for hydroxylation is 1. The number of benzene rings is 1. The van der Waals surface area contributed by atoms with Crippen molar-refractivity contribution >= 4 is 29.4 Å². The van der Waals surface area contributed by atoms with Crippen LogP contribution >= 0.6 is 11.8 Å². The molecule has 1 aliphatic rings. The number of carbonyl (C=O) groups excluding carboxylic acids is 1. The number of carbonyl (C=O) groups is 1. The lowest BCUT2D eigenvalue weighted by atomic mass is 10.1. The third kappa shape index (κ3) is 4.02. The van der Waals surface area contributed by atoms with Crippen molar-refractivity contribution in [3.05, 3.63) is 34.2 Å². The zero-order valence-corrected chi connectivity index (χ0v) is 13.6. The first-order chi connectivity index (χ1) is 10.2. The van der Waals surface area contributed by atoms with Gasteiger partial charge in [0.15, 0.2) is 0 Å². The summed E-state index contributed by atoms with van der Waals surface area (Å²) in [6.07, 6.45) is 3.90. The summed E-state index contributed by atoms with van der Waals surface area (Å²) < 4.78 is 5.42. The Hall–Kier alpha value is -1.46. The molecule has 1 N–H and O–H groups in total. The van der Waals surface area contributed by atoms with Crippen molar-refractivity contribution in [2.24, 2.45) is 0 Å². The number of nitrogens with one attached hydrogen (secondary N) is 1. The van der Waals surface area contributed by atoms with Crippen LogP contribution in [0.5, 0.6) is 0 Å². The number of rotatable bonds is 4. The maximum atomic E-state index is 11.9. The summed E-state index contributed by atoms with van der Waals surface area (Å²) in [6.45, 7) is 5.35. The van der Waals surface area contributed by atoms with E-state index in [-0.39, 0.29) is 5.91 Å². The zero-order chi connectivity index (χ0) is 15.2. The largest absolute Gasteiger partial charge is 0.378 e. The fourth-order valence-electron chi connectivity index (χ4n) is 2.36. The molecule has 0 unspecified atom stereocenters. The van der Waals surface area contributed by atoms with Crippen LogP contribution in [0.4, 0.5) is 5.69 Å². The molecule has 4 nitrogen and oxygen atoms in total. The highest BCUT2D eigenvalue weighted by atomic mass is 32.2. The summed E-state index contributed by atoms with van der Waals surface area (Å²) >= 11 is 1.46. The Morgan fingerprint density at radius 2 is 2.10 bits per heavy atom. The van der Waals surface area contributed by atoms with Crippen molar-refractivity contribution in [3.63, 3.8) is 0 Å². The van der Waals surface area contributed by atoms with Gasteiger partial charge in [0.1, 0.15) is 0 Å². The smallest absolute Gasteiger partial charge is 0.257 e. The minimum absolute atomic E-state index is 0.0445. The number of morpholine rings is 1. The Bertz CT molecular complexity index is 537. The zero-order valence-electron chi connectivity index (χ0n) is 12.8. The van der Waals surface area contributed by atoms with Gasteiger partial charge in [-0.25, -0.2) is 0 Å². The highest BCUT2D eigenvalue weighted by Crippen LogP contribution is 2.27. The first-order valence-corrected chi connectivity index (χ1v) is 8.29. The summed E-state index contributed by atoms with van der Waals surface area (Å²) in [5.41, 5.74) is 3.44. The average Bonchev–Trinajstić information content (AvgIpc) is 2.52. The molecule has 114 valence electrons. The highest BCUT2D eigenvalue weighted by Gasteiger charge is 2.15. The van der Waals surface area contributed by atoms with E-state index in [0.717, 1.165) is 36.8 Å². The van der Waals surface area contributed by atoms with Gasteiger partial charge in [0.05, 0.1) is 18.1 Å². The second-order valence-corrected chi connectivity index (χ2v) is 5.80. The molecule has 0 radical (unpaired) electrons. The Labute approximate surface area is 130 Å². The molecule has 5 heteroatoms. The van der Waals surface area contributed by atoms with Gasteiger partial charge in [0.25, 0.3) is 5.91 Å². The quantitative estimate of drug-likeness (QED) is 0.867.